The summed E-state index contributed by atoms with van der Waals surface area (Å²) >= 11 is 0. The molecule has 0 radical (unpaired) electrons. The van der Waals surface area contributed by atoms with E-state index in [1.165, 1.54) is 0 Å². The first kappa shape index (κ1) is 17.4. The third kappa shape index (κ3) is 5.80. The van der Waals surface area contributed by atoms with E-state index in [9.17, 15) is 4.79 Å². The topological polar surface area (TPSA) is 52.6 Å². The number of nitrogens with one attached hydrogen (secondary N) is 1. The Kier molecular flexibility index (Phi) is 6.96. The summed E-state index contributed by atoms with van der Waals surface area (Å²) in [6, 6.07) is 0.807. The van der Waals surface area contributed by atoms with Crippen LogP contribution in [0.15, 0.2) is 0 Å². The molecule has 2 unspecified atom stereocenters. The van der Waals surface area contributed by atoms with Crippen LogP contribution in [0.2, 0.25) is 0 Å². The van der Waals surface area contributed by atoms with Crippen molar-refractivity contribution in [3.05, 3.63) is 0 Å². The van der Waals surface area contributed by atoms with E-state index < -0.39 is 0 Å². The zero-order chi connectivity index (χ0) is 15.2. The summed E-state index contributed by atoms with van der Waals surface area (Å²) in [5.41, 5.74) is 0.100. The van der Waals surface area contributed by atoms with E-state index in [1.807, 2.05) is 0 Å². The molecule has 4 heteroatoms. The minimum Gasteiger partial charge on any atom is -0.396 e. The largest absolute Gasteiger partial charge is 0.396 e. The molecule has 1 saturated heterocycles. The Morgan fingerprint density at radius 3 is 2.55 bits per heavy atom. The predicted octanol–water partition coefficient (Wildman–Crippen LogP) is 2.31. The maximum absolute atomic E-state index is 12.3. The quantitative estimate of drug-likeness (QED) is 0.705. The van der Waals surface area contributed by atoms with Gasteiger partial charge in [-0.1, -0.05) is 13.3 Å². The van der Waals surface area contributed by atoms with Crippen molar-refractivity contribution in [2.24, 2.45) is 0 Å². The van der Waals surface area contributed by atoms with Crippen molar-refractivity contribution in [1.82, 2.24) is 10.2 Å². The van der Waals surface area contributed by atoms with Crippen molar-refractivity contribution in [1.29, 1.82) is 0 Å². The lowest BCUT2D eigenvalue weighted by molar-refractivity contribution is -0.132. The lowest BCUT2D eigenvalue weighted by Crippen LogP contribution is -2.45. The molecule has 0 aromatic carbocycles. The summed E-state index contributed by atoms with van der Waals surface area (Å²) in [4.78, 5) is 14.4. The van der Waals surface area contributed by atoms with Crippen molar-refractivity contribution >= 4 is 5.91 Å². The highest BCUT2D eigenvalue weighted by Crippen LogP contribution is 2.23. The highest BCUT2D eigenvalue weighted by molar-refractivity contribution is 5.76. The second-order valence-electron chi connectivity index (χ2n) is 6.97. The first-order valence-corrected chi connectivity index (χ1v) is 8.05. The monoisotopic (exact) mass is 284 g/mol. The Hall–Kier alpha value is -0.610. The van der Waals surface area contributed by atoms with Crippen molar-refractivity contribution in [3.63, 3.8) is 0 Å². The van der Waals surface area contributed by atoms with Gasteiger partial charge in [0.1, 0.15) is 0 Å². The van der Waals surface area contributed by atoms with Crippen LogP contribution >= 0.6 is 0 Å². The van der Waals surface area contributed by atoms with Crippen LogP contribution in [-0.4, -0.2) is 46.7 Å². The van der Waals surface area contributed by atoms with Crippen molar-refractivity contribution in [3.8, 4) is 0 Å². The lowest BCUT2D eigenvalue weighted by Gasteiger charge is -2.26. The molecule has 4 nitrogen and oxygen atoms in total. The molecule has 2 atom stereocenters. The highest BCUT2D eigenvalue weighted by Gasteiger charge is 2.34. The molecule has 0 bridgehead atoms. The van der Waals surface area contributed by atoms with Gasteiger partial charge in [-0.3, -0.25) is 4.79 Å². The van der Waals surface area contributed by atoms with E-state index >= 15 is 0 Å². The Labute approximate surface area is 123 Å². The van der Waals surface area contributed by atoms with E-state index in [-0.39, 0.29) is 18.1 Å². The molecule has 0 saturated carbocycles. The van der Waals surface area contributed by atoms with E-state index in [2.05, 4.69) is 37.9 Å². The van der Waals surface area contributed by atoms with Crippen LogP contribution in [0.5, 0.6) is 0 Å². The van der Waals surface area contributed by atoms with Gasteiger partial charge < -0.3 is 15.3 Å². The summed E-state index contributed by atoms with van der Waals surface area (Å²) in [5, 5.41) is 12.4. The molecule has 118 valence electrons. The fourth-order valence-electron chi connectivity index (χ4n) is 3.03. The number of unbranched alkanes of at least 4 members (excludes halogenated alkanes) is 2. The number of nitrogens with zero attached hydrogens (tertiary/aromatic N) is 1. The lowest BCUT2D eigenvalue weighted by atomic mass is 10.0. The molecule has 2 N–H and O–H groups in total. The molecule has 0 spiro atoms. The summed E-state index contributed by atoms with van der Waals surface area (Å²) in [6.07, 6.45) is 5.36. The van der Waals surface area contributed by atoms with Gasteiger partial charge in [-0.2, -0.15) is 0 Å². The number of aliphatic hydroxyl groups is 1. The minimum absolute atomic E-state index is 0.100. The van der Waals surface area contributed by atoms with E-state index in [4.69, 9.17) is 5.11 Å². The number of hydrogen-bond donors (Lipinski definition) is 2. The van der Waals surface area contributed by atoms with Crippen molar-refractivity contribution in [2.75, 3.05) is 13.2 Å². The van der Waals surface area contributed by atoms with Gasteiger partial charge in [0, 0.05) is 37.2 Å². The molecule has 0 aromatic heterocycles. The average Bonchev–Trinajstić information content (AvgIpc) is 2.75. The van der Waals surface area contributed by atoms with Crippen LogP contribution in [0.4, 0.5) is 0 Å². The molecule has 0 aliphatic carbocycles. The Balaban J connectivity index is 2.45. The fourth-order valence-corrected chi connectivity index (χ4v) is 3.03. The molecular formula is C16H32N2O2. The summed E-state index contributed by atoms with van der Waals surface area (Å²) < 4.78 is 0. The Morgan fingerprint density at radius 2 is 2.00 bits per heavy atom. The smallest absolute Gasteiger partial charge is 0.222 e. The molecule has 1 heterocycles. The Bertz CT molecular complexity index is 299. The molecule has 0 aromatic rings. The van der Waals surface area contributed by atoms with Gasteiger partial charge in [0.2, 0.25) is 5.91 Å². The normalized spacial score (nSPS) is 23.4. The van der Waals surface area contributed by atoms with Crippen molar-refractivity contribution < 1.29 is 9.90 Å². The maximum Gasteiger partial charge on any atom is 0.222 e. The van der Waals surface area contributed by atoms with Crippen LogP contribution in [0.3, 0.4) is 0 Å². The van der Waals surface area contributed by atoms with Crippen LogP contribution in [0, 0.1) is 0 Å². The number of carbonyl (C=O) groups is 1. The number of hydrogen-bond acceptors (Lipinski definition) is 3. The highest BCUT2D eigenvalue weighted by atomic mass is 16.2. The maximum atomic E-state index is 12.3. The summed E-state index contributed by atoms with van der Waals surface area (Å²) in [7, 11) is 0. The van der Waals surface area contributed by atoms with Gasteiger partial charge in [-0.25, -0.2) is 0 Å². The Morgan fingerprint density at radius 1 is 1.30 bits per heavy atom. The van der Waals surface area contributed by atoms with Gasteiger partial charge in [0.15, 0.2) is 0 Å². The molecular weight excluding hydrogens is 252 g/mol. The van der Waals surface area contributed by atoms with E-state index in [0.717, 1.165) is 38.6 Å². The number of rotatable bonds is 7. The van der Waals surface area contributed by atoms with Crippen LogP contribution in [0.1, 0.15) is 66.2 Å². The summed E-state index contributed by atoms with van der Waals surface area (Å²) in [5.74, 6) is 0.285. The van der Waals surface area contributed by atoms with Gasteiger partial charge in [0.25, 0.3) is 0 Å². The third-order valence-corrected chi connectivity index (χ3v) is 3.89. The predicted molar refractivity (Wildman–Crippen MR) is 82.6 cm³/mol. The van der Waals surface area contributed by atoms with Gasteiger partial charge in [-0.15, -0.1) is 0 Å². The van der Waals surface area contributed by atoms with Gasteiger partial charge in [0.05, 0.1) is 0 Å². The second-order valence-corrected chi connectivity index (χ2v) is 6.97. The first-order chi connectivity index (χ1) is 9.37. The number of aliphatic hydroxyl groups excluding tert-OH is 1. The molecule has 1 rings (SSSR count). The van der Waals surface area contributed by atoms with Crippen molar-refractivity contribution in [2.45, 2.75) is 83.8 Å². The van der Waals surface area contributed by atoms with Crippen LogP contribution in [-0.2, 0) is 4.79 Å². The second kappa shape index (κ2) is 7.99. The van der Waals surface area contributed by atoms with Crippen LogP contribution in [0.25, 0.3) is 0 Å². The molecule has 1 aliphatic rings. The van der Waals surface area contributed by atoms with Gasteiger partial charge in [-0.05, 0) is 46.5 Å². The third-order valence-electron chi connectivity index (χ3n) is 3.89. The molecule has 1 fully saturated rings. The molecule has 20 heavy (non-hydrogen) atoms. The fraction of sp³-hybridized carbons (Fsp3) is 0.938. The van der Waals surface area contributed by atoms with E-state index in [0.29, 0.717) is 18.5 Å². The number of carbonyl (C=O) groups excluding carboxylic acids is 1. The minimum atomic E-state index is 0.100. The van der Waals surface area contributed by atoms with E-state index in [1.54, 1.807) is 0 Å². The zero-order valence-corrected chi connectivity index (χ0v) is 13.6. The summed E-state index contributed by atoms with van der Waals surface area (Å²) in [6.45, 7) is 9.76. The first-order valence-electron chi connectivity index (χ1n) is 8.05. The van der Waals surface area contributed by atoms with Gasteiger partial charge >= 0.3 is 0 Å². The standard InChI is InChI=1S/C16H32N2O2/c1-5-14-11-13(17-16(2,3)4)12-18(14)15(20)9-7-6-8-10-19/h13-14,17,19H,5-12H2,1-4H3. The number of likely N-dealkylation sites (tertiary alicyclic amines) is 1. The molecule has 1 amide bonds. The number of amides is 1. The average molecular weight is 284 g/mol. The SMILES string of the molecule is CCC1CC(NC(C)(C)C)CN1C(=O)CCCCCO. The molecule has 1 aliphatic heterocycles. The zero-order valence-electron chi connectivity index (χ0n) is 13.6. The van der Waals surface area contributed by atoms with Crippen LogP contribution < -0.4 is 5.32 Å².